The first-order valence-electron chi connectivity index (χ1n) is 8.18. The van der Waals surface area contributed by atoms with E-state index < -0.39 is 6.04 Å². The van der Waals surface area contributed by atoms with Crippen LogP contribution in [0.5, 0.6) is 0 Å². The maximum Gasteiger partial charge on any atom is 0.249 e. The summed E-state index contributed by atoms with van der Waals surface area (Å²) in [6.07, 6.45) is 1.18. The van der Waals surface area contributed by atoms with Crippen molar-refractivity contribution in [3.8, 4) is 11.4 Å². The van der Waals surface area contributed by atoms with Crippen LogP contribution >= 0.6 is 0 Å². The van der Waals surface area contributed by atoms with E-state index in [1.807, 2.05) is 42.2 Å². The average Bonchev–Trinajstić information content (AvgIpc) is 3.03. The molecule has 0 radical (unpaired) electrons. The van der Waals surface area contributed by atoms with Crippen LogP contribution in [0.2, 0.25) is 0 Å². The largest absolute Gasteiger partial charge is 0.340 e. The predicted octanol–water partition coefficient (Wildman–Crippen LogP) is 2.41. The summed E-state index contributed by atoms with van der Waals surface area (Å²) >= 11 is 0. The zero-order chi connectivity index (χ0) is 16.4. The van der Waals surface area contributed by atoms with Crippen molar-refractivity contribution in [2.24, 2.45) is 11.8 Å². The molecule has 23 heavy (non-hydrogen) atoms. The SMILES string of the molecule is CC1CC(C)CN(C(=O)C(C)n2nnc(-c3ccccc3)n2)C1. The van der Waals surface area contributed by atoms with Gasteiger partial charge in [-0.3, -0.25) is 4.79 Å². The molecular formula is C17H23N5O. The minimum atomic E-state index is -0.433. The lowest BCUT2D eigenvalue weighted by Crippen LogP contribution is -2.45. The van der Waals surface area contributed by atoms with E-state index in [2.05, 4.69) is 29.3 Å². The fourth-order valence-corrected chi connectivity index (χ4v) is 3.30. The van der Waals surface area contributed by atoms with E-state index in [4.69, 9.17) is 0 Å². The van der Waals surface area contributed by atoms with Gasteiger partial charge in [0.1, 0.15) is 6.04 Å². The molecule has 1 aromatic carbocycles. The topological polar surface area (TPSA) is 63.9 Å². The summed E-state index contributed by atoms with van der Waals surface area (Å²) < 4.78 is 0. The van der Waals surface area contributed by atoms with Gasteiger partial charge in [-0.25, -0.2) is 0 Å². The molecule has 3 rings (SSSR count). The molecule has 1 fully saturated rings. The minimum absolute atomic E-state index is 0.0698. The van der Waals surface area contributed by atoms with E-state index in [0.29, 0.717) is 17.7 Å². The zero-order valence-corrected chi connectivity index (χ0v) is 13.9. The molecule has 1 aliphatic heterocycles. The third-order valence-electron chi connectivity index (χ3n) is 4.34. The van der Waals surface area contributed by atoms with Gasteiger partial charge in [0.25, 0.3) is 0 Å². The zero-order valence-electron chi connectivity index (χ0n) is 13.9. The van der Waals surface area contributed by atoms with E-state index >= 15 is 0 Å². The van der Waals surface area contributed by atoms with Gasteiger partial charge in [0.05, 0.1) is 0 Å². The maximum atomic E-state index is 12.7. The van der Waals surface area contributed by atoms with Crippen molar-refractivity contribution >= 4 is 5.91 Å². The van der Waals surface area contributed by atoms with Crippen LogP contribution < -0.4 is 0 Å². The van der Waals surface area contributed by atoms with E-state index in [0.717, 1.165) is 18.7 Å². The van der Waals surface area contributed by atoms with Crippen LogP contribution in [-0.4, -0.2) is 44.1 Å². The number of rotatable bonds is 3. The number of hydrogen-bond donors (Lipinski definition) is 0. The molecule has 2 aromatic rings. The van der Waals surface area contributed by atoms with Gasteiger partial charge in [-0.05, 0) is 30.4 Å². The molecule has 3 unspecified atom stereocenters. The molecule has 6 heteroatoms. The Labute approximate surface area is 136 Å². The first-order valence-corrected chi connectivity index (χ1v) is 8.18. The molecular weight excluding hydrogens is 290 g/mol. The first kappa shape index (κ1) is 15.6. The van der Waals surface area contributed by atoms with E-state index in [1.165, 1.54) is 11.2 Å². The first-order chi connectivity index (χ1) is 11.0. The molecule has 6 nitrogen and oxygen atoms in total. The molecule has 2 heterocycles. The third kappa shape index (κ3) is 3.41. The van der Waals surface area contributed by atoms with Gasteiger partial charge in [-0.15, -0.1) is 10.2 Å². The number of nitrogens with zero attached hydrogens (tertiary/aromatic N) is 5. The molecule has 0 N–H and O–H groups in total. The molecule has 0 saturated carbocycles. The minimum Gasteiger partial charge on any atom is -0.340 e. The van der Waals surface area contributed by atoms with Gasteiger partial charge in [0.15, 0.2) is 0 Å². The number of carbonyl (C=O) groups excluding carboxylic acids is 1. The van der Waals surface area contributed by atoms with Crippen LogP contribution in [0.25, 0.3) is 11.4 Å². The average molecular weight is 313 g/mol. The number of carbonyl (C=O) groups is 1. The highest BCUT2D eigenvalue weighted by atomic mass is 16.2. The molecule has 0 spiro atoms. The fourth-order valence-electron chi connectivity index (χ4n) is 3.30. The predicted molar refractivity (Wildman–Crippen MR) is 87.5 cm³/mol. The summed E-state index contributed by atoms with van der Waals surface area (Å²) in [6.45, 7) is 7.86. The van der Waals surface area contributed by atoms with Crippen molar-refractivity contribution in [2.75, 3.05) is 13.1 Å². The van der Waals surface area contributed by atoms with Crippen LogP contribution in [0.3, 0.4) is 0 Å². The summed E-state index contributed by atoms with van der Waals surface area (Å²) in [4.78, 5) is 16.1. The lowest BCUT2D eigenvalue weighted by Gasteiger charge is -2.36. The summed E-state index contributed by atoms with van der Waals surface area (Å²) in [5.41, 5.74) is 0.901. The Morgan fingerprint density at radius 2 is 1.83 bits per heavy atom. The Morgan fingerprint density at radius 1 is 1.17 bits per heavy atom. The van der Waals surface area contributed by atoms with Gasteiger partial charge in [0, 0.05) is 18.7 Å². The van der Waals surface area contributed by atoms with Crippen LogP contribution in [0.1, 0.15) is 33.2 Å². The van der Waals surface area contributed by atoms with Gasteiger partial charge in [-0.2, -0.15) is 4.80 Å². The number of aromatic nitrogens is 4. The lowest BCUT2D eigenvalue weighted by molar-refractivity contribution is -0.137. The molecule has 0 bridgehead atoms. The third-order valence-corrected chi connectivity index (χ3v) is 4.34. The molecule has 3 atom stereocenters. The molecule has 1 saturated heterocycles. The van der Waals surface area contributed by atoms with E-state index in [1.54, 1.807) is 0 Å². The number of piperidine rings is 1. The summed E-state index contributed by atoms with van der Waals surface area (Å²) in [6, 6.07) is 9.24. The van der Waals surface area contributed by atoms with Crippen molar-refractivity contribution in [1.82, 2.24) is 25.1 Å². The normalized spacial score (nSPS) is 22.8. The highest BCUT2D eigenvalue weighted by molar-refractivity contribution is 5.80. The number of hydrogen-bond acceptors (Lipinski definition) is 4. The Balaban J connectivity index is 1.74. The molecule has 0 aliphatic carbocycles. The second-order valence-electron chi connectivity index (χ2n) is 6.66. The number of benzene rings is 1. The fraction of sp³-hybridized carbons (Fsp3) is 0.529. The van der Waals surface area contributed by atoms with Crippen molar-refractivity contribution in [3.05, 3.63) is 30.3 Å². The standard InChI is InChI=1S/C17H23N5O/c1-12-9-13(2)11-21(10-12)17(23)14(3)22-19-16(18-20-22)15-7-5-4-6-8-15/h4-8,12-14H,9-11H2,1-3H3. The molecule has 1 aliphatic rings. The van der Waals surface area contributed by atoms with Gasteiger partial charge >= 0.3 is 0 Å². The smallest absolute Gasteiger partial charge is 0.249 e. The van der Waals surface area contributed by atoms with Gasteiger partial charge < -0.3 is 4.90 Å². The van der Waals surface area contributed by atoms with Crippen molar-refractivity contribution in [1.29, 1.82) is 0 Å². The van der Waals surface area contributed by atoms with E-state index in [-0.39, 0.29) is 5.91 Å². The Bertz CT molecular complexity index is 659. The quantitative estimate of drug-likeness (QED) is 0.873. The van der Waals surface area contributed by atoms with Crippen LogP contribution in [0.15, 0.2) is 30.3 Å². The van der Waals surface area contributed by atoms with E-state index in [9.17, 15) is 4.79 Å². The molecule has 1 aromatic heterocycles. The summed E-state index contributed by atoms with van der Waals surface area (Å²) in [5, 5.41) is 12.5. The van der Waals surface area contributed by atoms with Gasteiger partial charge in [0.2, 0.25) is 11.7 Å². The molecule has 1 amide bonds. The lowest BCUT2D eigenvalue weighted by atomic mass is 9.91. The molecule has 122 valence electrons. The summed E-state index contributed by atoms with van der Waals surface area (Å²) in [5.74, 6) is 1.70. The van der Waals surface area contributed by atoms with Crippen LogP contribution in [0, 0.1) is 11.8 Å². The van der Waals surface area contributed by atoms with Crippen LogP contribution in [0.4, 0.5) is 0 Å². The highest BCUT2D eigenvalue weighted by Gasteiger charge is 2.30. The second-order valence-corrected chi connectivity index (χ2v) is 6.66. The summed E-state index contributed by atoms with van der Waals surface area (Å²) in [7, 11) is 0. The maximum absolute atomic E-state index is 12.7. The number of likely N-dealkylation sites (tertiary alicyclic amines) is 1. The Morgan fingerprint density at radius 3 is 2.48 bits per heavy atom. The number of tetrazole rings is 1. The van der Waals surface area contributed by atoms with Gasteiger partial charge in [-0.1, -0.05) is 44.2 Å². The Hall–Kier alpha value is -2.24. The monoisotopic (exact) mass is 313 g/mol. The van der Waals surface area contributed by atoms with Crippen LogP contribution in [-0.2, 0) is 4.79 Å². The Kier molecular flexibility index (Phi) is 4.41. The van der Waals surface area contributed by atoms with Crippen molar-refractivity contribution in [2.45, 2.75) is 33.2 Å². The number of amides is 1. The second kappa shape index (κ2) is 6.48. The highest BCUT2D eigenvalue weighted by Crippen LogP contribution is 2.23. The van der Waals surface area contributed by atoms with Crippen molar-refractivity contribution in [3.63, 3.8) is 0 Å². The van der Waals surface area contributed by atoms with Crippen molar-refractivity contribution < 1.29 is 4.79 Å².